The summed E-state index contributed by atoms with van der Waals surface area (Å²) in [5, 5.41) is 19.6. The molecule has 12 heavy (non-hydrogen) atoms. The van der Waals surface area contributed by atoms with Crippen LogP contribution in [0, 0.1) is 20.6 Å². The monoisotopic (exact) mass is 279 g/mol. The van der Waals surface area contributed by atoms with E-state index in [1.54, 1.807) is 6.92 Å². The van der Waals surface area contributed by atoms with Crippen LogP contribution in [0.4, 0.5) is 5.69 Å². The Labute approximate surface area is 82.5 Å². The first-order chi connectivity index (χ1) is 5.52. The smallest absolute Gasteiger partial charge is 0.273 e. The first-order valence-electron chi connectivity index (χ1n) is 3.16. The van der Waals surface area contributed by atoms with Gasteiger partial charge < -0.3 is 5.11 Å². The molecule has 0 fully saturated rings. The normalized spacial score (nSPS) is 9.83. The second-order valence-electron chi connectivity index (χ2n) is 2.35. The topological polar surface area (TPSA) is 63.4 Å². The van der Waals surface area contributed by atoms with E-state index in [-0.39, 0.29) is 11.4 Å². The van der Waals surface area contributed by atoms with E-state index in [0.29, 0.717) is 9.13 Å². The predicted molar refractivity (Wildman–Crippen MR) is 52.2 cm³/mol. The summed E-state index contributed by atoms with van der Waals surface area (Å²) >= 11 is 1.85. The van der Waals surface area contributed by atoms with Crippen molar-refractivity contribution in [1.82, 2.24) is 0 Å². The number of nitro groups is 1. The lowest BCUT2D eigenvalue weighted by Gasteiger charge is -1.99. The predicted octanol–water partition coefficient (Wildman–Crippen LogP) is 2.21. The largest absolute Gasteiger partial charge is 0.507 e. The van der Waals surface area contributed by atoms with Gasteiger partial charge in [-0.1, -0.05) is 0 Å². The number of benzene rings is 1. The van der Waals surface area contributed by atoms with Crippen molar-refractivity contribution in [2.75, 3.05) is 0 Å². The first kappa shape index (κ1) is 9.24. The lowest BCUT2D eigenvalue weighted by molar-refractivity contribution is -0.385. The Morgan fingerprint density at radius 2 is 2.17 bits per heavy atom. The highest BCUT2D eigenvalue weighted by Crippen LogP contribution is 2.27. The third kappa shape index (κ3) is 1.66. The fourth-order valence-corrected chi connectivity index (χ4v) is 1.30. The van der Waals surface area contributed by atoms with Crippen molar-refractivity contribution in [3.05, 3.63) is 31.4 Å². The fraction of sp³-hybridized carbons (Fsp3) is 0.143. The van der Waals surface area contributed by atoms with E-state index < -0.39 is 4.92 Å². The Morgan fingerprint density at radius 1 is 1.58 bits per heavy atom. The van der Waals surface area contributed by atoms with Crippen molar-refractivity contribution in [3.8, 4) is 5.75 Å². The van der Waals surface area contributed by atoms with Gasteiger partial charge >= 0.3 is 0 Å². The van der Waals surface area contributed by atoms with E-state index in [1.165, 1.54) is 12.1 Å². The summed E-state index contributed by atoms with van der Waals surface area (Å²) in [7, 11) is 0. The number of rotatable bonds is 1. The van der Waals surface area contributed by atoms with Gasteiger partial charge in [-0.05, 0) is 35.6 Å². The molecule has 0 spiro atoms. The molecule has 0 aliphatic heterocycles. The lowest BCUT2D eigenvalue weighted by Crippen LogP contribution is -1.92. The molecule has 0 aromatic heterocycles. The Morgan fingerprint density at radius 3 is 2.67 bits per heavy atom. The summed E-state index contributed by atoms with van der Waals surface area (Å²) in [6.45, 7) is 1.59. The molecule has 0 unspecified atom stereocenters. The standard InChI is InChI=1S/C7H6INO3/c1-4-2-7(10)5(8)3-6(4)9(11)12/h2-3,10H,1H3. The van der Waals surface area contributed by atoms with Crippen molar-refractivity contribution < 1.29 is 10.0 Å². The molecule has 0 aliphatic rings. The molecule has 4 nitrogen and oxygen atoms in total. The van der Waals surface area contributed by atoms with Crippen LogP contribution in [0.5, 0.6) is 5.75 Å². The number of nitrogens with zero attached hydrogens (tertiary/aromatic N) is 1. The fourth-order valence-electron chi connectivity index (χ4n) is 0.852. The SMILES string of the molecule is Cc1cc(O)c(I)cc1[N+](=O)[O-]. The van der Waals surface area contributed by atoms with Crippen LogP contribution in [0.1, 0.15) is 5.56 Å². The summed E-state index contributed by atoms with van der Waals surface area (Å²) in [6.07, 6.45) is 0. The molecule has 64 valence electrons. The molecule has 0 radical (unpaired) electrons. The van der Waals surface area contributed by atoms with Gasteiger partial charge in [-0.25, -0.2) is 0 Å². The number of halogens is 1. The molecule has 0 atom stereocenters. The van der Waals surface area contributed by atoms with E-state index in [0.717, 1.165) is 0 Å². The number of phenols is 1. The van der Waals surface area contributed by atoms with Crippen LogP contribution < -0.4 is 0 Å². The van der Waals surface area contributed by atoms with Crippen LogP contribution in [0.15, 0.2) is 12.1 Å². The maximum atomic E-state index is 10.4. The summed E-state index contributed by atoms with van der Waals surface area (Å²) in [4.78, 5) is 9.94. The van der Waals surface area contributed by atoms with E-state index in [4.69, 9.17) is 0 Å². The van der Waals surface area contributed by atoms with Gasteiger partial charge in [-0.3, -0.25) is 10.1 Å². The maximum Gasteiger partial charge on any atom is 0.273 e. The highest BCUT2D eigenvalue weighted by atomic mass is 127. The van der Waals surface area contributed by atoms with E-state index in [9.17, 15) is 15.2 Å². The minimum atomic E-state index is -0.461. The highest BCUT2D eigenvalue weighted by molar-refractivity contribution is 14.1. The molecule has 0 saturated heterocycles. The highest BCUT2D eigenvalue weighted by Gasteiger charge is 2.12. The van der Waals surface area contributed by atoms with Gasteiger partial charge in [-0.15, -0.1) is 0 Å². The summed E-state index contributed by atoms with van der Waals surface area (Å²) in [6, 6.07) is 2.74. The van der Waals surface area contributed by atoms with Crippen LogP contribution in [0.2, 0.25) is 0 Å². The molecule has 1 rings (SSSR count). The van der Waals surface area contributed by atoms with Crippen LogP contribution in [0.25, 0.3) is 0 Å². The van der Waals surface area contributed by atoms with Crippen LogP contribution in [-0.2, 0) is 0 Å². The average Bonchev–Trinajstić information content (AvgIpc) is 1.96. The quantitative estimate of drug-likeness (QED) is 0.487. The second-order valence-corrected chi connectivity index (χ2v) is 3.51. The van der Waals surface area contributed by atoms with Crippen LogP contribution in [-0.4, -0.2) is 10.0 Å². The third-order valence-electron chi connectivity index (χ3n) is 1.46. The summed E-state index contributed by atoms with van der Waals surface area (Å²) in [5.74, 6) is 0.0821. The molecule has 1 N–H and O–H groups in total. The van der Waals surface area contributed by atoms with E-state index in [1.807, 2.05) is 22.6 Å². The first-order valence-corrected chi connectivity index (χ1v) is 4.23. The van der Waals surface area contributed by atoms with Crippen molar-refractivity contribution in [1.29, 1.82) is 0 Å². The van der Waals surface area contributed by atoms with Crippen LogP contribution in [0.3, 0.4) is 0 Å². The zero-order valence-corrected chi connectivity index (χ0v) is 8.40. The van der Waals surface area contributed by atoms with Crippen LogP contribution >= 0.6 is 22.6 Å². The lowest BCUT2D eigenvalue weighted by atomic mass is 10.2. The van der Waals surface area contributed by atoms with Gasteiger partial charge in [0.15, 0.2) is 0 Å². The minimum Gasteiger partial charge on any atom is -0.507 e. The Balaban J connectivity index is 3.33. The number of phenolic OH excluding ortho intramolecular Hbond substituents is 1. The van der Waals surface area contributed by atoms with Gasteiger partial charge in [0.1, 0.15) is 5.75 Å². The molecule has 1 aromatic carbocycles. The van der Waals surface area contributed by atoms with Gasteiger partial charge in [0, 0.05) is 11.6 Å². The second kappa shape index (κ2) is 3.26. The van der Waals surface area contributed by atoms with Crippen molar-refractivity contribution in [2.45, 2.75) is 6.92 Å². The Bertz CT molecular complexity index is 338. The molecule has 0 saturated carbocycles. The van der Waals surface area contributed by atoms with Gasteiger partial charge in [0.25, 0.3) is 5.69 Å². The third-order valence-corrected chi connectivity index (χ3v) is 2.33. The Kier molecular flexibility index (Phi) is 2.51. The van der Waals surface area contributed by atoms with Crippen molar-refractivity contribution in [3.63, 3.8) is 0 Å². The molecule has 5 heteroatoms. The number of hydrogen-bond acceptors (Lipinski definition) is 3. The van der Waals surface area contributed by atoms with E-state index >= 15 is 0 Å². The molecule has 0 bridgehead atoms. The minimum absolute atomic E-state index is 0.0391. The number of hydrogen-bond donors (Lipinski definition) is 1. The molecule has 0 amide bonds. The summed E-state index contributed by atoms with van der Waals surface area (Å²) in [5.41, 5.74) is 0.509. The average molecular weight is 279 g/mol. The molecule has 1 aromatic rings. The summed E-state index contributed by atoms with van der Waals surface area (Å²) < 4.78 is 0.491. The zero-order chi connectivity index (χ0) is 9.30. The van der Waals surface area contributed by atoms with Crippen molar-refractivity contribution in [2.24, 2.45) is 0 Å². The number of aryl methyl sites for hydroxylation is 1. The van der Waals surface area contributed by atoms with Gasteiger partial charge in [0.2, 0.25) is 0 Å². The zero-order valence-electron chi connectivity index (χ0n) is 6.24. The molecular weight excluding hydrogens is 273 g/mol. The Hall–Kier alpha value is -0.850. The number of aromatic hydroxyl groups is 1. The molecule has 0 aliphatic carbocycles. The maximum absolute atomic E-state index is 10.4. The molecular formula is C7H6INO3. The number of nitro benzene ring substituents is 1. The molecule has 0 heterocycles. The van der Waals surface area contributed by atoms with Gasteiger partial charge in [0.05, 0.1) is 8.49 Å². The van der Waals surface area contributed by atoms with Crippen molar-refractivity contribution >= 4 is 28.3 Å². The van der Waals surface area contributed by atoms with Gasteiger partial charge in [-0.2, -0.15) is 0 Å². The van der Waals surface area contributed by atoms with E-state index in [2.05, 4.69) is 0 Å².